The third kappa shape index (κ3) is 5.08. The normalized spacial score (nSPS) is 12.1. The molecule has 0 saturated heterocycles. The highest BCUT2D eigenvalue weighted by molar-refractivity contribution is 6.20. The second-order valence-electron chi connectivity index (χ2n) is 17.2. The highest BCUT2D eigenvalue weighted by atomic mass is 15.0. The fourth-order valence-electron chi connectivity index (χ4n) is 10.9. The summed E-state index contributed by atoms with van der Waals surface area (Å²) in [6, 6.07) is 85.2. The summed E-state index contributed by atoms with van der Waals surface area (Å²) >= 11 is 0. The van der Waals surface area contributed by atoms with Crippen LogP contribution in [-0.2, 0) is 0 Å². The van der Waals surface area contributed by atoms with Crippen LogP contribution in [0.15, 0.2) is 231 Å². The SMILES string of the molecule is c1ccc(-c2ccccc2-n2c3ccccc3c3cc(-c4ccc5c(c4)c4ccc6ccccc6c4n5-c4ccc(-c5ccc6c(c5)-c5cccc7cccc-6c57)cc4)ccc32)cc1. The summed E-state index contributed by atoms with van der Waals surface area (Å²) in [7, 11) is 0. The summed E-state index contributed by atoms with van der Waals surface area (Å²) in [6.45, 7) is 0. The zero-order chi connectivity index (χ0) is 41.9. The van der Waals surface area contributed by atoms with Crippen molar-refractivity contribution in [2.45, 2.75) is 0 Å². The molecular formula is C62H38N2. The molecule has 2 aromatic heterocycles. The van der Waals surface area contributed by atoms with Crippen molar-refractivity contribution in [3.05, 3.63) is 231 Å². The molecule has 0 radical (unpaired) electrons. The van der Waals surface area contributed by atoms with Crippen LogP contribution in [0.1, 0.15) is 0 Å². The first-order valence-electron chi connectivity index (χ1n) is 22.2. The molecule has 296 valence electrons. The Labute approximate surface area is 370 Å². The average molecular weight is 811 g/mol. The fraction of sp³-hybridized carbons (Fsp3) is 0. The van der Waals surface area contributed by atoms with E-state index in [-0.39, 0.29) is 0 Å². The van der Waals surface area contributed by atoms with Crippen molar-refractivity contribution in [1.82, 2.24) is 9.13 Å². The Balaban J connectivity index is 0.903. The van der Waals surface area contributed by atoms with Crippen LogP contribution in [0.25, 0.3) is 132 Å². The van der Waals surface area contributed by atoms with Crippen molar-refractivity contribution in [3.8, 4) is 67.0 Å². The lowest BCUT2D eigenvalue weighted by molar-refractivity contribution is 1.18. The van der Waals surface area contributed by atoms with E-state index >= 15 is 0 Å². The van der Waals surface area contributed by atoms with E-state index in [1.54, 1.807) is 0 Å². The van der Waals surface area contributed by atoms with Gasteiger partial charge in [0.15, 0.2) is 0 Å². The molecule has 0 N–H and O–H groups in total. The van der Waals surface area contributed by atoms with Gasteiger partial charge in [0.05, 0.1) is 27.8 Å². The van der Waals surface area contributed by atoms with Crippen molar-refractivity contribution >= 4 is 65.2 Å². The molecule has 0 atom stereocenters. The number of fused-ring (bicyclic) bond motifs is 11. The molecule has 2 nitrogen and oxygen atoms in total. The Hall–Kier alpha value is -8.46. The van der Waals surface area contributed by atoms with Gasteiger partial charge in [0.25, 0.3) is 0 Å². The van der Waals surface area contributed by atoms with Crippen molar-refractivity contribution in [3.63, 3.8) is 0 Å². The van der Waals surface area contributed by atoms with Crippen LogP contribution in [0.2, 0.25) is 0 Å². The zero-order valence-corrected chi connectivity index (χ0v) is 34.8. The Morgan fingerprint density at radius 2 is 0.828 bits per heavy atom. The first-order chi connectivity index (χ1) is 31.7. The van der Waals surface area contributed by atoms with E-state index in [9.17, 15) is 0 Å². The van der Waals surface area contributed by atoms with Gasteiger partial charge in [-0.15, -0.1) is 0 Å². The van der Waals surface area contributed by atoms with E-state index in [0.29, 0.717) is 0 Å². The number of para-hydroxylation sites is 2. The molecule has 2 heteroatoms. The van der Waals surface area contributed by atoms with Crippen molar-refractivity contribution < 1.29 is 0 Å². The summed E-state index contributed by atoms with van der Waals surface area (Å²) in [5.74, 6) is 0. The van der Waals surface area contributed by atoms with Crippen LogP contribution in [0.4, 0.5) is 0 Å². The van der Waals surface area contributed by atoms with Crippen molar-refractivity contribution in [2.75, 3.05) is 0 Å². The van der Waals surface area contributed by atoms with Crippen molar-refractivity contribution in [2.24, 2.45) is 0 Å². The number of hydrogen-bond acceptors (Lipinski definition) is 0. The second kappa shape index (κ2) is 13.5. The molecule has 0 unspecified atom stereocenters. The molecule has 0 fully saturated rings. The fourth-order valence-corrected chi connectivity index (χ4v) is 10.9. The predicted molar refractivity (Wildman–Crippen MR) is 271 cm³/mol. The summed E-state index contributed by atoms with van der Waals surface area (Å²) in [6.07, 6.45) is 0. The molecule has 0 spiro atoms. The summed E-state index contributed by atoms with van der Waals surface area (Å²) < 4.78 is 4.91. The average Bonchev–Trinajstić information content (AvgIpc) is 4.00. The first kappa shape index (κ1) is 35.2. The van der Waals surface area contributed by atoms with Crippen LogP contribution in [0.5, 0.6) is 0 Å². The minimum Gasteiger partial charge on any atom is -0.309 e. The van der Waals surface area contributed by atoms with Crippen LogP contribution in [0.3, 0.4) is 0 Å². The van der Waals surface area contributed by atoms with Crippen LogP contribution in [0, 0.1) is 0 Å². The number of rotatable bonds is 5. The maximum atomic E-state index is 2.47. The minimum atomic E-state index is 1.15. The summed E-state index contributed by atoms with van der Waals surface area (Å²) in [5.41, 5.74) is 19.7. The molecule has 14 rings (SSSR count). The summed E-state index contributed by atoms with van der Waals surface area (Å²) in [5, 5.41) is 10.1. The number of benzene rings is 11. The second-order valence-corrected chi connectivity index (χ2v) is 17.2. The van der Waals surface area contributed by atoms with Gasteiger partial charge in [-0.05, 0) is 121 Å². The van der Waals surface area contributed by atoms with Crippen LogP contribution in [-0.4, -0.2) is 9.13 Å². The monoisotopic (exact) mass is 810 g/mol. The van der Waals surface area contributed by atoms with Gasteiger partial charge in [-0.3, -0.25) is 0 Å². The molecule has 0 aliphatic heterocycles. The Kier molecular flexibility index (Phi) is 7.43. The van der Waals surface area contributed by atoms with Gasteiger partial charge in [-0.25, -0.2) is 0 Å². The molecule has 13 aromatic rings. The molecule has 2 heterocycles. The van der Waals surface area contributed by atoms with Gasteiger partial charge in [-0.1, -0.05) is 176 Å². The van der Waals surface area contributed by atoms with Crippen LogP contribution < -0.4 is 0 Å². The van der Waals surface area contributed by atoms with Gasteiger partial charge < -0.3 is 9.13 Å². The standard InChI is InChI=1S/C62H38N2/c1-2-12-40(13-3-1)47-17-6-8-22-57(47)64-58-23-9-7-19-50(58)55-37-44(29-35-60(55)64)45-28-34-59-56(38-45)53-33-26-41-14-4-5-18-48(41)62(53)63(59)46-30-24-39(25-31-46)43-27-32-49-51-20-10-15-42-16-11-21-52(61(42)51)54(49)36-43/h1-38H. The maximum absolute atomic E-state index is 2.47. The molecule has 0 bridgehead atoms. The molecule has 64 heavy (non-hydrogen) atoms. The Morgan fingerprint density at radius 3 is 1.64 bits per heavy atom. The number of hydrogen-bond donors (Lipinski definition) is 0. The molecular weight excluding hydrogens is 773 g/mol. The highest BCUT2D eigenvalue weighted by Crippen LogP contribution is 2.48. The lowest BCUT2D eigenvalue weighted by Crippen LogP contribution is -1.97. The molecule has 0 amide bonds. The van der Waals surface area contributed by atoms with E-state index in [4.69, 9.17) is 0 Å². The molecule has 0 saturated carbocycles. The largest absolute Gasteiger partial charge is 0.309 e. The Morgan fingerprint density at radius 1 is 0.250 bits per heavy atom. The van der Waals surface area contributed by atoms with E-state index < -0.39 is 0 Å². The van der Waals surface area contributed by atoms with Gasteiger partial charge in [0, 0.05) is 38.2 Å². The van der Waals surface area contributed by atoms with E-state index in [2.05, 4.69) is 240 Å². The van der Waals surface area contributed by atoms with E-state index in [0.717, 1.165) is 5.69 Å². The minimum absolute atomic E-state index is 1.15. The topological polar surface area (TPSA) is 9.86 Å². The lowest BCUT2D eigenvalue weighted by atomic mass is 9.97. The van der Waals surface area contributed by atoms with Crippen molar-refractivity contribution in [1.29, 1.82) is 0 Å². The lowest BCUT2D eigenvalue weighted by Gasteiger charge is -2.14. The van der Waals surface area contributed by atoms with Crippen LogP contribution >= 0.6 is 0 Å². The first-order valence-corrected chi connectivity index (χ1v) is 22.2. The van der Waals surface area contributed by atoms with E-state index in [1.807, 2.05) is 0 Å². The Bertz CT molecular complexity index is 4050. The number of aromatic nitrogens is 2. The molecule has 1 aliphatic carbocycles. The van der Waals surface area contributed by atoms with E-state index in [1.165, 1.54) is 126 Å². The zero-order valence-electron chi connectivity index (χ0n) is 34.8. The van der Waals surface area contributed by atoms with Gasteiger partial charge in [-0.2, -0.15) is 0 Å². The maximum Gasteiger partial charge on any atom is 0.0619 e. The predicted octanol–water partition coefficient (Wildman–Crippen LogP) is 16.8. The van der Waals surface area contributed by atoms with Gasteiger partial charge in [0.1, 0.15) is 0 Å². The third-order valence-electron chi connectivity index (χ3n) is 13.9. The summed E-state index contributed by atoms with van der Waals surface area (Å²) in [4.78, 5) is 0. The molecule has 11 aromatic carbocycles. The smallest absolute Gasteiger partial charge is 0.0619 e. The van der Waals surface area contributed by atoms with Gasteiger partial charge in [0.2, 0.25) is 0 Å². The number of nitrogens with zero attached hydrogens (tertiary/aromatic N) is 2. The third-order valence-corrected chi connectivity index (χ3v) is 13.9. The highest BCUT2D eigenvalue weighted by Gasteiger charge is 2.22. The van der Waals surface area contributed by atoms with Gasteiger partial charge >= 0.3 is 0 Å². The molecule has 1 aliphatic rings. The quantitative estimate of drug-likeness (QED) is 0.164.